The third kappa shape index (κ3) is 2.23. The van der Waals surface area contributed by atoms with E-state index in [1.807, 2.05) is 0 Å². The van der Waals surface area contributed by atoms with E-state index < -0.39 is 14.9 Å². The van der Waals surface area contributed by atoms with Gasteiger partial charge < -0.3 is 0 Å². The van der Waals surface area contributed by atoms with Gasteiger partial charge in [-0.3, -0.25) is 4.57 Å². The second kappa shape index (κ2) is 4.28. The molecule has 1 saturated carbocycles. The molecule has 2 aromatic rings. The Hall–Kier alpha value is -1.47. The minimum atomic E-state index is -4.00. The summed E-state index contributed by atoms with van der Waals surface area (Å²) in [4.78, 5) is 0. The van der Waals surface area contributed by atoms with Crippen LogP contribution in [0.3, 0.4) is 0 Å². The average Bonchev–Trinajstić information content (AvgIpc) is 3.07. The Bertz CT molecular complexity index is 740. The van der Waals surface area contributed by atoms with Gasteiger partial charge in [0.15, 0.2) is 5.82 Å². The largest absolute Gasteiger partial charge is 0.296 e. The number of benzene rings is 1. The third-order valence-electron chi connectivity index (χ3n) is 2.91. The molecule has 1 aliphatic rings. The van der Waals surface area contributed by atoms with Crippen LogP contribution in [0.2, 0.25) is 0 Å². The molecule has 19 heavy (non-hydrogen) atoms. The number of nitrogens with zero attached hydrogens (tertiary/aromatic N) is 3. The normalized spacial score (nSPS) is 15.7. The van der Waals surface area contributed by atoms with Gasteiger partial charge in [-0.1, -0.05) is 12.1 Å². The Kier molecular flexibility index (Phi) is 2.83. The lowest BCUT2D eigenvalue weighted by atomic mass is 10.2. The Labute approximate surface area is 113 Å². The number of hydrogen-bond donors (Lipinski definition) is 0. The zero-order chi connectivity index (χ0) is 13.6. The molecule has 1 aromatic carbocycles. The number of rotatable bonds is 3. The number of aromatic nitrogens is 3. The molecule has 1 heterocycles. The summed E-state index contributed by atoms with van der Waals surface area (Å²) >= 11 is 0. The Morgan fingerprint density at radius 3 is 2.53 bits per heavy atom. The van der Waals surface area contributed by atoms with Crippen LogP contribution in [-0.4, -0.2) is 23.2 Å². The van der Waals surface area contributed by atoms with Crippen molar-refractivity contribution in [1.82, 2.24) is 14.8 Å². The molecule has 1 fully saturated rings. The predicted octanol–water partition coefficient (Wildman–Crippen LogP) is 2.35. The number of halogens is 2. The van der Waals surface area contributed by atoms with E-state index in [0.717, 1.165) is 12.8 Å². The molecule has 3 rings (SSSR count). The van der Waals surface area contributed by atoms with Crippen LogP contribution in [0, 0.1) is 5.82 Å². The molecule has 0 bridgehead atoms. The number of hydrogen-bond acceptors (Lipinski definition) is 4. The van der Waals surface area contributed by atoms with Gasteiger partial charge in [0.05, 0.1) is 5.56 Å². The highest BCUT2D eigenvalue weighted by atomic mass is 35.7. The van der Waals surface area contributed by atoms with Crippen LogP contribution >= 0.6 is 10.7 Å². The van der Waals surface area contributed by atoms with Gasteiger partial charge in [-0.15, -0.1) is 10.2 Å². The fourth-order valence-corrected chi connectivity index (χ4v) is 2.86. The molecule has 0 spiro atoms. The molecule has 0 unspecified atom stereocenters. The highest BCUT2D eigenvalue weighted by molar-refractivity contribution is 8.13. The molecule has 0 atom stereocenters. The van der Waals surface area contributed by atoms with E-state index >= 15 is 0 Å². The Morgan fingerprint density at radius 2 is 1.95 bits per heavy atom. The Balaban J connectivity index is 2.24. The van der Waals surface area contributed by atoms with Crippen molar-refractivity contribution in [3.63, 3.8) is 0 Å². The van der Waals surface area contributed by atoms with Crippen molar-refractivity contribution in [3.8, 4) is 11.4 Å². The first-order chi connectivity index (χ1) is 8.98. The van der Waals surface area contributed by atoms with Crippen molar-refractivity contribution >= 4 is 19.7 Å². The molecule has 0 radical (unpaired) electrons. The van der Waals surface area contributed by atoms with Crippen LogP contribution in [0.1, 0.15) is 18.9 Å². The van der Waals surface area contributed by atoms with Gasteiger partial charge in [0.25, 0.3) is 14.2 Å². The average molecular weight is 302 g/mol. The van der Waals surface area contributed by atoms with Crippen LogP contribution in [0.5, 0.6) is 0 Å². The summed E-state index contributed by atoms with van der Waals surface area (Å²) in [6.45, 7) is 0. The molecule has 1 aliphatic carbocycles. The second-order valence-electron chi connectivity index (χ2n) is 4.33. The van der Waals surface area contributed by atoms with Crippen molar-refractivity contribution in [1.29, 1.82) is 0 Å². The molecule has 0 N–H and O–H groups in total. The third-order valence-corrected chi connectivity index (χ3v) is 4.04. The summed E-state index contributed by atoms with van der Waals surface area (Å²) in [5, 5.41) is 7.05. The smallest absolute Gasteiger partial charge is 0.294 e. The van der Waals surface area contributed by atoms with Gasteiger partial charge in [0.2, 0.25) is 0 Å². The Morgan fingerprint density at radius 1 is 1.26 bits per heavy atom. The summed E-state index contributed by atoms with van der Waals surface area (Å²) in [5.74, 6) is -0.282. The quantitative estimate of drug-likeness (QED) is 0.816. The van der Waals surface area contributed by atoms with E-state index in [1.54, 1.807) is 12.1 Å². The molecule has 0 aliphatic heterocycles. The summed E-state index contributed by atoms with van der Waals surface area (Å²) in [6, 6.07) is 5.99. The van der Waals surface area contributed by atoms with Gasteiger partial charge >= 0.3 is 0 Å². The molecule has 100 valence electrons. The first-order valence-corrected chi connectivity index (χ1v) is 7.94. The standard InChI is InChI=1S/C11H9ClFN3O2S/c12-19(17,18)11-15-14-10(16(11)7-5-6-7)8-3-1-2-4-9(8)13/h1-4,7H,5-6H2. The van der Waals surface area contributed by atoms with Gasteiger partial charge in [-0.05, 0) is 25.0 Å². The fourth-order valence-electron chi connectivity index (χ4n) is 1.93. The maximum Gasteiger partial charge on any atom is 0.296 e. The van der Waals surface area contributed by atoms with E-state index in [0.29, 0.717) is 0 Å². The monoisotopic (exact) mass is 301 g/mol. The van der Waals surface area contributed by atoms with Gasteiger partial charge in [-0.2, -0.15) is 0 Å². The van der Waals surface area contributed by atoms with E-state index in [9.17, 15) is 12.8 Å². The summed E-state index contributed by atoms with van der Waals surface area (Å²) in [6.07, 6.45) is 1.61. The molecule has 1 aromatic heterocycles. The van der Waals surface area contributed by atoms with Crippen LogP contribution in [0.25, 0.3) is 11.4 Å². The summed E-state index contributed by atoms with van der Waals surface area (Å²) in [7, 11) is 1.33. The van der Waals surface area contributed by atoms with Gasteiger partial charge in [0, 0.05) is 16.7 Å². The molecule has 8 heteroatoms. The molecule has 5 nitrogen and oxygen atoms in total. The van der Waals surface area contributed by atoms with E-state index in [4.69, 9.17) is 10.7 Å². The first-order valence-electron chi connectivity index (χ1n) is 5.63. The van der Waals surface area contributed by atoms with Crippen molar-refractivity contribution in [2.24, 2.45) is 0 Å². The fraction of sp³-hybridized carbons (Fsp3) is 0.273. The molecular weight excluding hydrogens is 293 g/mol. The van der Waals surface area contributed by atoms with Crippen molar-refractivity contribution in [2.75, 3.05) is 0 Å². The highest BCUT2D eigenvalue weighted by Gasteiger charge is 2.34. The maximum atomic E-state index is 13.8. The van der Waals surface area contributed by atoms with Crippen molar-refractivity contribution in [3.05, 3.63) is 30.1 Å². The second-order valence-corrected chi connectivity index (χ2v) is 6.78. The van der Waals surface area contributed by atoms with Crippen LogP contribution in [-0.2, 0) is 9.05 Å². The van der Waals surface area contributed by atoms with Crippen LogP contribution < -0.4 is 0 Å². The predicted molar refractivity (Wildman–Crippen MR) is 66.7 cm³/mol. The van der Waals surface area contributed by atoms with Crippen molar-refractivity contribution < 1.29 is 12.8 Å². The summed E-state index contributed by atoms with van der Waals surface area (Å²) < 4.78 is 38.1. The minimum Gasteiger partial charge on any atom is -0.294 e. The lowest BCUT2D eigenvalue weighted by molar-refractivity contribution is 0.577. The first kappa shape index (κ1) is 12.6. The highest BCUT2D eigenvalue weighted by Crippen LogP contribution is 2.40. The van der Waals surface area contributed by atoms with Crippen LogP contribution in [0.15, 0.2) is 29.4 Å². The van der Waals surface area contributed by atoms with Gasteiger partial charge in [-0.25, -0.2) is 12.8 Å². The summed E-state index contributed by atoms with van der Waals surface area (Å²) in [5.41, 5.74) is 0.216. The van der Waals surface area contributed by atoms with E-state index in [-0.39, 0.29) is 22.6 Å². The molecular formula is C11H9ClFN3O2S. The lowest BCUT2D eigenvalue weighted by Crippen LogP contribution is -2.06. The van der Waals surface area contributed by atoms with Crippen molar-refractivity contribution in [2.45, 2.75) is 24.0 Å². The molecule has 0 amide bonds. The van der Waals surface area contributed by atoms with E-state index in [2.05, 4.69) is 10.2 Å². The SMILES string of the molecule is O=S(=O)(Cl)c1nnc(-c2ccccc2F)n1C1CC1. The molecule has 0 saturated heterocycles. The topological polar surface area (TPSA) is 64.8 Å². The maximum absolute atomic E-state index is 13.8. The van der Waals surface area contributed by atoms with Crippen LogP contribution in [0.4, 0.5) is 4.39 Å². The zero-order valence-corrected chi connectivity index (χ0v) is 11.2. The minimum absolute atomic E-state index is 0.0341. The zero-order valence-electron chi connectivity index (χ0n) is 9.62. The van der Waals surface area contributed by atoms with Gasteiger partial charge in [0.1, 0.15) is 5.82 Å². The van der Waals surface area contributed by atoms with E-state index in [1.165, 1.54) is 16.7 Å². The lowest BCUT2D eigenvalue weighted by Gasteiger charge is -2.07.